The molecule has 0 fully saturated rings. The fourth-order valence-electron chi connectivity index (χ4n) is 1.70. The third kappa shape index (κ3) is 6.25. The maximum Gasteiger partial charge on any atom is 0.354 e. The number of nitrogens with zero attached hydrogens (tertiary/aromatic N) is 1. The molecule has 0 heterocycles. The summed E-state index contributed by atoms with van der Waals surface area (Å²) in [6, 6.07) is 3.99. The van der Waals surface area contributed by atoms with Gasteiger partial charge in [-0.2, -0.15) is 5.10 Å². The molecule has 9 heteroatoms. The van der Waals surface area contributed by atoms with Crippen molar-refractivity contribution in [3.63, 3.8) is 0 Å². The first kappa shape index (κ1) is 19.4. The smallest absolute Gasteiger partial charge is 0.354 e. The van der Waals surface area contributed by atoms with E-state index in [2.05, 4.69) is 10.5 Å². The first-order valence-electron chi connectivity index (χ1n) is 7.09. The summed E-state index contributed by atoms with van der Waals surface area (Å²) < 4.78 is 4.86. The van der Waals surface area contributed by atoms with Gasteiger partial charge in [0, 0.05) is 6.42 Å². The van der Waals surface area contributed by atoms with Crippen molar-refractivity contribution in [1.82, 2.24) is 0 Å². The van der Waals surface area contributed by atoms with Crippen LogP contribution >= 0.6 is 11.6 Å². The molecular formula is C15H17ClN2O6. The molecule has 3 N–H and O–H groups in total. The van der Waals surface area contributed by atoms with Gasteiger partial charge in [-0.05, 0) is 38.0 Å². The summed E-state index contributed by atoms with van der Waals surface area (Å²) in [7, 11) is 0. The molecule has 0 spiro atoms. The fraction of sp³-hybridized carbons (Fsp3) is 0.333. The van der Waals surface area contributed by atoms with E-state index in [1.165, 1.54) is 18.2 Å². The van der Waals surface area contributed by atoms with Crippen molar-refractivity contribution < 1.29 is 29.3 Å². The van der Waals surface area contributed by atoms with E-state index in [4.69, 9.17) is 26.6 Å². The molecule has 0 unspecified atom stereocenters. The van der Waals surface area contributed by atoms with Gasteiger partial charge in [0.25, 0.3) is 0 Å². The van der Waals surface area contributed by atoms with Crippen LogP contribution in [-0.2, 0) is 14.3 Å². The molecule has 8 nitrogen and oxygen atoms in total. The maximum atomic E-state index is 11.8. The van der Waals surface area contributed by atoms with E-state index in [-0.39, 0.29) is 47.9 Å². The van der Waals surface area contributed by atoms with Crippen LogP contribution in [0, 0.1) is 0 Å². The highest BCUT2D eigenvalue weighted by Gasteiger charge is 2.14. The Kier molecular flexibility index (Phi) is 7.70. The minimum absolute atomic E-state index is 0.000613. The van der Waals surface area contributed by atoms with Crippen LogP contribution < -0.4 is 5.43 Å². The second-order valence-corrected chi connectivity index (χ2v) is 5.05. The predicted molar refractivity (Wildman–Crippen MR) is 87.6 cm³/mol. The third-order valence-electron chi connectivity index (χ3n) is 2.84. The molecule has 1 rings (SSSR count). The zero-order chi connectivity index (χ0) is 18.1. The molecule has 0 atom stereocenters. The van der Waals surface area contributed by atoms with Crippen LogP contribution in [0.5, 0.6) is 0 Å². The standard InChI is InChI=1S/C15H17ClN2O6/c1-2-24-15(23)11(4-3-5-13(19)20)17-18-12-8-9(14(21)22)6-7-10(12)16/h6-8,18H,2-5H2,1H3,(H,19,20)(H,21,22). The van der Waals surface area contributed by atoms with E-state index in [9.17, 15) is 14.4 Å². The Labute approximate surface area is 143 Å². The van der Waals surface area contributed by atoms with E-state index < -0.39 is 17.9 Å². The normalized spacial score (nSPS) is 11.0. The van der Waals surface area contributed by atoms with E-state index in [1.807, 2.05) is 0 Å². The lowest BCUT2D eigenvalue weighted by Gasteiger charge is -2.08. The molecular weight excluding hydrogens is 340 g/mol. The number of rotatable bonds is 9. The number of anilines is 1. The number of aromatic carboxylic acids is 1. The lowest BCUT2D eigenvalue weighted by molar-refractivity contribution is -0.137. The number of esters is 1. The van der Waals surface area contributed by atoms with Gasteiger partial charge in [0.1, 0.15) is 5.71 Å². The summed E-state index contributed by atoms with van der Waals surface area (Å²) in [5.74, 6) is -2.80. The molecule has 0 radical (unpaired) electrons. The van der Waals surface area contributed by atoms with E-state index >= 15 is 0 Å². The Balaban J connectivity index is 2.93. The Morgan fingerprint density at radius 2 is 1.96 bits per heavy atom. The summed E-state index contributed by atoms with van der Waals surface area (Å²) in [4.78, 5) is 33.4. The molecule has 1 aromatic rings. The van der Waals surface area contributed by atoms with Crippen LogP contribution in [0.2, 0.25) is 5.02 Å². The quantitative estimate of drug-likeness (QED) is 0.352. The van der Waals surface area contributed by atoms with Gasteiger partial charge in [-0.15, -0.1) is 0 Å². The highest BCUT2D eigenvalue weighted by molar-refractivity contribution is 6.37. The van der Waals surface area contributed by atoms with Gasteiger partial charge < -0.3 is 14.9 Å². The first-order chi connectivity index (χ1) is 11.3. The van der Waals surface area contributed by atoms with Crippen LogP contribution in [0.1, 0.15) is 36.5 Å². The van der Waals surface area contributed by atoms with Crippen LogP contribution in [-0.4, -0.2) is 40.4 Å². The van der Waals surface area contributed by atoms with Gasteiger partial charge in [0.15, 0.2) is 0 Å². The predicted octanol–water partition coefficient (Wildman–Crippen LogP) is 2.62. The number of hydrazone groups is 1. The Hall–Kier alpha value is -2.61. The fourth-order valence-corrected chi connectivity index (χ4v) is 1.86. The molecule has 1 aromatic carbocycles. The van der Waals surface area contributed by atoms with Crippen molar-refractivity contribution in [2.75, 3.05) is 12.0 Å². The third-order valence-corrected chi connectivity index (χ3v) is 3.17. The Morgan fingerprint density at radius 3 is 2.54 bits per heavy atom. The van der Waals surface area contributed by atoms with Gasteiger partial charge in [-0.3, -0.25) is 10.2 Å². The molecule has 0 aliphatic rings. The number of hydrogen-bond acceptors (Lipinski definition) is 6. The van der Waals surface area contributed by atoms with Crippen molar-refractivity contribution in [1.29, 1.82) is 0 Å². The summed E-state index contributed by atoms with van der Waals surface area (Å²) in [6.07, 6.45) is 0.180. The summed E-state index contributed by atoms with van der Waals surface area (Å²) >= 11 is 5.95. The van der Waals surface area contributed by atoms with Crippen LogP contribution in [0.4, 0.5) is 5.69 Å². The van der Waals surface area contributed by atoms with E-state index in [1.54, 1.807) is 6.92 Å². The van der Waals surface area contributed by atoms with Gasteiger partial charge in [0.2, 0.25) is 0 Å². The number of ether oxygens (including phenoxy) is 1. The lowest BCUT2D eigenvalue weighted by Crippen LogP contribution is -2.19. The SMILES string of the molecule is CCOC(=O)C(CCCC(=O)O)=NNc1cc(C(=O)O)ccc1Cl. The zero-order valence-corrected chi connectivity index (χ0v) is 13.7. The van der Waals surface area contributed by atoms with Gasteiger partial charge in [0.05, 0.1) is 22.9 Å². The van der Waals surface area contributed by atoms with Crippen molar-refractivity contribution in [3.05, 3.63) is 28.8 Å². The van der Waals surface area contributed by atoms with E-state index in [0.29, 0.717) is 0 Å². The number of hydrogen-bond donors (Lipinski definition) is 3. The Bertz CT molecular complexity index is 659. The van der Waals surface area contributed by atoms with Crippen molar-refractivity contribution >= 4 is 40.9 Å². The maximum absolute atomic E-state index is 11.8. The molecule has 0 bridgehead atoms. The molecule has 0 saturated heterocycles. The topological polar surface area (TPSA) is 125 Å². The van der Waals surface area contributed by atoms with Gasteiger partial charge in [-0.1, -0.05) is 11.6 Å². The van der Waals surface area contributed by atoms with Crippen molar-refractivity contribution in [2.24, 2.45) is 5.10 Å². The number of nitrogens with one attached hydrogen (secondary N) is 1. The number of carboxylic acid groups (broad SMARTS) is 2. The number of carbonyl (C=O) groups is 3. The zero-order valence-electron chi connectivity index (χ0n) is 12.9. The monoisotopic (exact) mass is 356 g/mol. The second-order valence-electron chi connectivity index (χ2n) is 4.64. The molecule has 0 aliphatic carbocycles. The van der Waals surface area contributed by atoms with Gasteiger partial charge in [-0.25, -0.2) is 9.59 Å². The highest BCUT2D eigenvalue weighted by atomic mass is 35.5. The largest absolute Gasteiger partial charge is 0.481 e. The number of benzene rings is 1. The molecule has 0 saturated carbocycles. The minimum Gasteiger partial charge on any atom is -0.481 e. The van der Waals surface area contributed by atoms with E-state index in [0.717, 1.165) is 0 Å². The number of carboxylic acids is 2. The minimum atomic E-state index is -1.13. The number of aliphatic carboxylic acids is 1. The van der Waals surface area contributed by atoms with Crippen LogP contribution in [0.25, 0.3) is 0 Å². The number of carbonyl (C=O) groups excluding carboxylic acids is 1. The van der Waals surface area contributed by atoms with Crippen LogP contribution in [0.3, 0.4) is 0 Å². The van der Waals surface area contributed by atoms with Crippen molar-refractivity contribution in [3.8, 4) is 0 Å². The molecule has 0 aromatic heterocycles. The molecule has 0 amide bonds. The van der Waals surface area contributed by atoms with Crippen LogP contribution in [0.15, 0.2) is 23.3 Å². The average Bonchev–Trinajstić information content (AvgIpc) is 2.51. The summed E-state index contributed by atoms with van der Waals surface area (Å²) in [6.45, 7) is 1.78. The Morgan fingerprint density at radius 1 is 1.25 bits per heavy atom. The highest BCUT2D eigenvalue weighted by Crippen LogP contribution is 2.23. The van der Waals surface area contributed by atoms with Gasteiger partial charge >= 0.3 is 17.9 Å². The number of halogens is 1. The molecule has 0 aliphatic heterocycles. The second kappa shape index (κ2) is 9.51. The molecule has 130 valence electrons. The summed E-state index contributed by atoms with van der Waals surface area (Å²) in [5, 5.41) is 21.7. The molecule has 24 heavy (non-hydrogen) atoms. The first-order valence-corrected chi connectivity index (χ1v) is 7.47. The average molecular weight is 357 g/mol. The lowest BCUT2D eigenvalue weighted by atomic mass is 10.1. The van der Waals surface area contributed by atoms with Crippen molar-refractivity contribution in [2.45, 2.75) is 26.2 Å². The summed E-state index contributed by atoms with van der Waals surface area (Å²) in [5.41, 5.74) is 2.73.